The van der Waals surface area contributed by atoms with Crippen molar-refractivity contribution in [3.63, 3.8) is 0 Å². The van der Waals surface area contributed by atoms with Gasteiger partial charge < -0.3 is 0 Å². The van der Waals surface area contributed by atoms with Gasteiger partial charge in [0.1, 0.15) is 0 Å². The van der Waals surface area contributed by atoms with Gasteiger partial charge in [0.15, 0.2) is 0 Å². The van der Waals surface area contributed by atoms with Crippen LogP contribution in [0, 0.1) is 22.2 Å². The van der Waals surface area contributed by atoms with Crippen molar-refractivity contribution in [1.29, 1.82) is 0 Å². The van der Waals surface area contributed by atoms with Crippen molar-refractivity contribution in [3.8, 4) is 0 Å². The first-order valence-electron chi connectivity index (χ1n) is 5.29. The fourth-order valence-corrected chi connectivity index (χ4v) is 4.55. The molecule has 0 heterocycles. The Morgan fingerprint density at radius 1 is 1.15 bits per heavy atom. The standard InChI is InChI=1S/C12H20S/c1-10(2)8-6-7-12(5,9(10)13)11(8,3)4/h8H,6-7H2,1-5H3. The number of rotatable bonds is 0. The third-order valence-corrected chi connectivity index (χ3v) is 6.16. The molecule has 0 aromatic rings. The summed E-state index contributed by atoms with van der Waals surface area (Å²) in [6.45, 7) is 11.9. The van der Waals surface area contributed by atoms with E-state index < -0.39 is 0 Å². The van der Waals surface area contributed by atoms with Gasteiger partial charge >= 0.3 is 0 Å². The van der Waals surface area contributed by atoms with E-state index in [4.69, 9.17) is 12.2 Å². The van der Waals surface area contributed by atoms with Gasteiger partial charge in [0.25, 0.3) is 0 Å². The van der Waals surface area contributed by atoms with Crippen LogP contribution >= 0.6 is 12.2 Å². The molecule has 2 aliphatic carbocycles. The molecule has 2 rings (SSSR count). The molecular formula is C12H20S. The molecule has 2 saturated carbocycles. The summed E-state index contributed by atoms with van der Waals surface area (Å²) in [7, 11) is 0. The Balaban J connectivity index is 2.58. The Kier molecular flexibility index (Phi) is 1.62. The van der Waals surface area contributed by atoms with Crippen LogP contribution in [-0.2, 0) is 0 Å². The topological polar surface area (TPSA) is 0 Å². The number of hydrogen-bond acceptors (Lipinski definition) is 1. The second kappa shape index (κ2) is 2.18. The molecule has 2 unspecified atom stereocenters. The lowest BCUT2D eigenvalue weighted by Crippen LogP contribution is -2.34. The highest BCUT2D eigenvalue weighted by atomic mass is 32.1. The Hall–Kier alpha value is 0.0900. The van der Waals surface area contributed by atoms with Crippen LogP contribution in [-0.4, -0.2) is 4.86 Å². The summed E-state index contributed by atoms with van der Waals surface area (Å²) in [4.78, 5) is 1.33. The summed E-state index contributed by atoms with van der Waals surface area (Å²) in [5.74, 6) is 0.803. The summed E-state index contributed by atoms with van der Waals surface area (Å²) < 4.78 is 0. The van der Waals surface area contributed by atoms with Crippen molar-refractivity contribution in [1.82, 2.24) is 0 Å². The first-order chi connectivity index (χ1) is 5.74. The zero-order valence-electron chi connectivity index (χ0n) is 9.40. The minimum atomic E-state index is 0.297. The quantitative estimate of drug-likeness (QED) is 0.530. The van der Waals surface area contributed by atoms with E-state index in [1.54, 1.807) is 0 Å². The van der Waals surface area contributed by atoms with Gasteiger partial charge in [-0.25, -0.2) is 0 Å². The Morgan fingerprint density at radius 3 is 1.92 bits per heavy atom. The van der Waals surface area contributed by atoms with Crippen LogP contribution < -0.4 is 0 Å². The molecule has 0 aromatic carbocycles. The van der Waals surface area contributed by atoms with Crippen molar-refractivity contribution < 1.29 is 0 Å². The molecule has 2 aliphatic rings. The van der Waals surface area contributed by atoms with Crippen molar-refractivity contribution in [2.45, 2.75) is 47.5 Å². The van der Waals surface area contributed by atoms with E-state index in [-0.39, 0.29) is 0 Å². The smallest absolute Gasteiger partial charge is 0.00521 e. The van der Waals surface area contributed by atoms with E-state index in [2.05, 4.69) is 34.6 Å². The lowest BCUT2D eigenvalue weighted by Gasteiger charge is -2.34. The summed E-state index contributed by atoms with van der Waals surface area (Å²) in [6.07, 6.45) is 2.68. The molecule has 13 heavy (non-hydrogen) atoms. The van der Waals surface area contributed by atoms with E-state index in [1.165, 1.54) is 17.7 Å². The zero-order valence-corrected chi connectivity index (χ0v) is 10.2. The number of thiocarbonyl (C=S) groups is 1. The molecule has 0 nitrogen and oxygen atoms in total. The van der Waals surface area contributed by atoms with Crippen molar-refractivity contribution in [3.05, 3.63) is 0 Å². The van der Waals surface area contributed by atoms with Gasteiger partial charge in [-0.1, -0.05) is 46.8 Å². The lowest BCUT2D eigenvalue weighted by molar-refractivity contribution is 0.154. The fourth-order valence-electron chi connectivity index (χ4n) is 4.04. The van der Waals surface area contributed by atoms with Gasteiger partial charge in [-0.15, -0.1) is 0 Å². The van der Waals surface area contributed by atoms with E-state index in [1.807, 2.05) is 0 Å². The molecule has 0 spiro atoms. The van der Waals surface area contributed by atoms with Crippen LogP contribution in [0.25, 0.3) is 0 Å². The SMILES string of the molecule is CC1(C)C(=S)C2(C)CCC1C2(C)C. The maximum Gasteiger partial charge on any atom is 0.00521 e. The first kappa shape index (κ1) is 9.64. The molecule has 74 valence electrons. The molecule has 0 N–H and O–H groups in total. The van der Waals surface area contributed by atoms with Crippen molar-refractivity contribution in [2.24, 2.45) is 22.2 Å². The van der Waals surface area contributed by atoms with Crippen molar-refractivity contribution in [2.75, 3.05) is 0 Å². The molecule has 2 bridgehead atoms. The summed E-state index contributed by atoms with van der Waals surface area (Å²) in [5, 5.41) is 0. The van der Waals surface area contributed by atoms with Crippen LogP contribution in [0.4, 0.5) is 0 Å². The summed E-state index contributed by atoms with van der Waals surface area (Å²) in [5.41, 5.74) is 1.05. The predicted molar refractivity (Wildman–Crippen MR) is 61.0 cm³/mol. The van der Waals surface area contributed by atoms with E-state index in [9.17, 15) is 0 Å². The van der Waals surface area contributed by atoms with Crippen LogP contribution in [0.1, 0.15) is 47.5 Å². The highest BCUT2D eigenvalue weighted by Gasteiger charge is 2.66. The van der Waals surface area contributed by atoms with Crippen LogP contribution in [0.15, 0.2) is 0 Å². The first-order valence-corrected chi connectivity index (χ1v) is 5.70. The maximum absolute atomic E-state index is 5.67. The minimum Gasteiger partial charge on any atom is -0.0885 e. The molecule has 0 saturated heterocycles. The monoisotopic (exact) mass is 196 g/mol. The Morgan fingerprint density at radius 2 is 1.69 bits per heavy atom. The molecule has 0 aliphatic heterocycles. The average molecular weight is 196 g/mol. The maximum atomic E-state index is 5.67. The average Bonchev–Trinajstić information content (AvgIpc) is 2.26. The molecule has 1 heteroatoms. The van der Waals surface area contributed by atoms with Gasteiger partial charge in [-0.05, 0) is 29.6 Å². The molecule has 0 amide bonds. The van der Waals surface area contributed by atoms with Crippen molar-refractivity contribution >= 4 is 17.1 Å². The number of fused-ring (bicyclic) bond motifs is 2. The third kappa shape index (κ3) is 0.806. The summed E-state index contributed by atoms with van der Waals surface area (Å²) >= 11 is 5.67. The lowest BCUT2D eigenvalue weighted by atomic mass is 9.71. The third-order valence-electron chi connectivity index (χ3n) is 5.18. The second-order valence-electron chi connectivity index (χ2n) is 6.20. The summed E-state index contributed by atoms with van der Waals surface area (Å²) in [6, 6.07) is 0. The molecule has 0 radical (unpaired) electrons. The Labute approximate surface area is 87.1 Å². The van der Waals surface area contributed by atoms with Crippen LogP contribution in [0.2, 0.25) is 0 Å². The minimum absolute atomic E-state index is 0.297. The van der Waals surface area contributed by atoms with Gasteiger partial charge in [0, 0.05) is 10.3 Å². The van der Waals surface area contributed by atoms with E-state index >= 15 is 0 Å². The van der Waals surface area contributed by atoms with Crippen LogP contribution in [0.3, 0.4) is 0 Å². The molecule has 2 fully saturated rings. The normalized spacial score (nSPS) is 45.6. The highest BCUT2D eigenvalue weighted by molar-refractivity contribution is 7.80. The molecule has 2 atom stereocenters. The number of hydrogen-bond donors (Lipinski definition) is 0. The van der Waals surface area contributed by atoms with E-state index in [0.717, 1.165) is 5.92 Å². The highest BCUT2D eigenvalue weighted by Crippen LogP contribution is 2.70. The van der Waals surface area contributed by atoms with Gasteiger partial charge in [0.05, 0.1) is 0 Å². The van der Waals surface area contributed by atoms with Gasteiger partial charge in [-0.2, -0.15) is 0 Å². The zero-order chi connectivity index (χ0) is 10.1. The molecule has 0 aromatic heterocycles. The fraction of sp³-hybridized carbons (Fsp3) is 0.917. The molecular weight excluding hydrogens is 176 g/mol. The van der Waals surface area contributed by atoms with Crippen LogP contribution in [0.5, 0.6) is 0 Å². The van der Waals surface area contributed by atoms with E-state index in [0.29, 0.717) is 16.2 Å². The predicted octanol–water partition coefficient (Wildman–Crippen LogP) is 3.84. The Bertz CT molecular complexity index is 275. The second-order valence-corrected chi connectivity index (χ2v) is 6.60. The van der Waals surface area contributed by atoms with Gasteiger partial charge in [-0.3, -0.25) is 0 Å². The van der Waals surface area contributed by atoms with Gasteiger partial charge in [0.2, 0.25) is 0 Å². The largest absolute Gasteiger partial charge is 0.0885 e.